The number of amidine groups is 1. The third-order valence-electron chi connectivity index (χ3n) is 3.04. The number of nitrogens with zero attached hydrogens (tertiary/aromatic N) is 3. The molecule has 0 amide bonds. The fourth-order valence-corrected chi connectivity index (χ4v) is 2.32. The van der Waals surface area contributed by atoms with Crippen LogP contribution in [0.1, 0.15) is 5.56 Å². The Kier molecular flexibility index (Phi) is 4.90. The molecule has 4 nitrogen and oxygen atoms in total. The molecular formula is C13H9Cl2F6N3O. The highest BCUT2D eigenvalue weighted by Gasteiger charge is 2.74. The second kappa shape index (κ2) is 6.24. The Bertz CT molecular complexity index is 728. The Labute approximate surface area is 147 Å². The van der Waals surface area contributed by atoms with Crippen LogP contribution in [0.25, 0.3) is 0 Å². The van der Waals surface area contributed by atoms with Gasteiger partial charge in [-0.25, -0.2) is 4.99 Å². The van der Waals surface area contributed by atoms with E-state index in [0.29, 0.717) is 0 Å². The van der Waals surface area contributed by atoms with Crippen LogP contribution in [-0.4, -0.2) is 48.9 Å². The van der Waals surface area contributed by atoms with Crippen molar-refractivity contribution < 1.29 is 31.1 Å². The quantitative estimate of drug-likeness (QED) is 0.642. The number of halogens is 8. The van der Waals surface area contributed by atoms with Crippen molar-refractivity contribution >= 4 is 35.1 Å². The van der Waals surface area contributed by atoms with E-state index >= 15 is 0 Å². The predicted molar refractivity (Wildman–Crippen MR) is 80.0 cm³/mol. The molecule has 0 atom stereocenters. The van der Waals surface area contributed by atoms with Gasteiger partial charge in [0.15, 0.2) is 0 Å². The Morgan fingerprint density at radius 2 is 1.56 bits per heavy atom. The van der Waals surface area contributed by atoms with Crippen molar-refractivity contribution in [2.75, 3.05) is 14.1 Å². The standard InChI is InChI=1S/C13H9Cl2F6N3O/c1-24(2)10-23-11(12(16,17)18,13(19,20)21)22-9(25-10)7-4-3-6(14)5-8(7)15/h3-5H,1-2H3. The summed E-state index contributed by atoms with van der Waals surface area (Å²) in [7, 11) is 2.34. The molecule has 1 aromatic carbocycles. The largest absolute Gasteiger partial charge is 0.443 e. The zero-order valence-corrected chi connectivity index (χ0v) is 14.0. The molecule has 138 valence electrons. The minimum atomic E-state index is -5.86. The number of ether oxygens (including phenoxy) is 1. The summed E-state index contributed by atoms with van der Waals surface area (Å²) in [6.45, 7) is 0. The van der Waals surface area contributed by atoms with Gasteiger partial charge in [0, 0.05) is 19.1 Å². The van der Waals surface area contributed by atoms with Crippen molar-refractivity contribution in [1.29, 1.82) is 0 Å². The lowest BCUT2D eigenvalue weighted by atomic mass is 10.1. The summed E-state index contributed by atoms with van der Waals surface area (Å²) in [6.07, 6.45) is -11.7. The second-order valence-electron chi connectivity index (χ2n) is 5.10. The van der Waals surface area contributed by atoms with E-state index in [0.717, 1.165) is 17.0 Å². The van der Waals surface area contributed by atoms with Crippen molar-refractivity contribution in [3.8, 4) is 0 Å². The fraction of sp³-hybridized carbons (Fsp3) is 0.385. The summed E-state index contributed by atoms with van der Waals surface area (Å²) in [5.41, 5.74) is -5.01. The zero-order chi connectivity index (χ0) is 19.2. The van der Waals surface area contributed by atoms with E-state index in [1.807, 2.05) is 0 Å². The molecule has 1 aliphatic heterocycles. The molecule has 0 N–H and O–H groups in total. The summed E-state index contributed by atoms with van der Waals surface area (Å²) in [5.74, 6) is -0.977. The lowest BCUT2D eigenvalue weighted by Crippen LogP contribution is -2.57. The lowest BCUT2D eigenvalue weighted by molar-refractivity contribution is -0.293. The molecule has 2 rings (SSSR count). The Morgan fingerprint density at radius 1 is 1.00 bits per heavy atom. The van der Waals surface area contributed by atoms with Crippen LogP contribution in [-0.2, 0) is 4.74 Å². The second-order valence-corrected chi connectivity index (χ2v) is 5.94. The molecule has 12 heteroatoms. The molecule has 25 heavy (non-hydrogen) atoms. The van der Waals surface area contributed by atoms with Crippen LogP contribution >= 0.6 is 23.2 Å². The van der Waals surface area contributed by atoms with Crippen LogP contribution in [0.5, 0.6) is 0 Å². The SMILES string of the molecule is CN(C)C1=NC(C(F)(F)F)(C(F)(F)F)N=C(c2ccc(Cl)cc2Cl)O1. The molecule has 0 aliphatic carbocycles. The van der Waals surface area contributed by atoms with E-state index in [4.69, 9.17) is 27.9 Å². The van der Waals surface area contributed by atoms with E-state index in [1.165, 1.54) is 20.2 Å². The van der Waals surface area contributed by atoms with E-state index < -0.39 is 29.9 Å². The van der Waals surface area contributed by atoms with Gasteiger partial charge in [-0.2, -0.15) is 31.3 Å². The molecule has 1 aromatic rings. The third kappa shape index (κ3) is 3.50. The van der Waals surface area contributed by atoms with Crippen LogP contribution in [0, 0.1) is 0 Å². The summed E-state index contributed by atoms with van der Waals surface area (Å²) >= 11 is 11.5. The maximum atomic E-state index is 13.3. The Hall–Kier alpha value is -1.68. The summed E-state index contributed by atoms with van der Waals surface area (Å²) < 4.78 is 84.9. The van der Waals surface area contributed by atoms with Gasteiger partial charge in [-0.3, -0.25) is 0 Å². The first-order chi connectivity index (χ1) is 11.3. The molecule has 0 saturated heterocycles. The molecule has 0 unspecified atom stereocenters. The van der Waals surface area contributed by atoms with E-state index in [1.54, 1.807) is 0 Å². The smallest absolute Gasteiger partial charge is 0.406 e. The number of hydrogen-bond acceptors (Lipinski definition) is 4. The van der Waals surface area contributed by atoms with E-state index in [-0.39, 0.29) is 15.6 Å². The van der Waals surface area contributed by atoms with Gasteiger partial charge in [0.1, 0.15) is 0 Å². The topological polar surface area (TPSA) is 37.2 Å². The number of hydrogen-bond donors (Lipinski definition) is 0. The third-order valence-corrected chi connectivity index (χ3v) is 3.59. The lowest BCUT2D eigenvalue weighted by Gasteiger charge is -2.35. The number of benzene rings is 1. The minimum absolute atomic E-state index is 0.129. The molecule has 0 radical (unpaired) electrons. The van der Waals surface area contributed by atoms with Crippen molar-refractivity contribution in [3.63, 3.8) is 0 Å². The molecule has 1 heterocycles. The van der Waals surface area contributed by atoms with Gasteiger partial charge in [0.2, 0.25) is 5.90 Å². The number of alkyl halides is 6. The first kappa shape index (κ1) is 19.6. The Balaban J connectivity index is 2.75. The Morgan fingerprint density at radius 3 is 2.00 bits per heavy atom. The van der Waals surface area contributed by atoms with Gasteiger partial charge in [-0.1, -0.05) is 23.2 Å². The van der Waals surface area contributed by atoms with Crippen molar-refractivity contribution in [1.82, 2.24) is 4.90 Å². The molecule has 0 fully saturated rings. The van der Waals surface area contributed by atoms with Gasteiger partial charge in [0.25, 0.3) is 6.02 Å². The summed E-state index contributed by atoms with van der Waals surface area (Å²) in [4.78, 5) is 6.30. The highest BCUT2D eigenvalue weighted by Crippen LogP contribution is 2.49. The molecule has 1 aliphatic rings. The normalized spacial score (nSPS) is 17.5. The molecular weight excluding hydrogens is 399 g/mol. The molecule has 0 spiro atoms. The molecule has 0 saturated carbocycles. The molecule has 0 aromatic heterocycles. The first-order valence-electron chi connectivity index (χ1n) is 6.42. The van der Waals surface area contributed by atoms with E-state index in [2.05, 4.69) is 9.98 Å². The zero-order valence-electron chi connectivity index (χ0n) is 12.5. The van der Waals surface area contributed by atoms with Gasteiger partial charge < -0.3 is 9.64 Å². The monoisotopic (exact) mass is 407 g/mol. The van der Waals surface area contributed by atoms with E-state index in [9.17, 15) is 26.3 Å². The van der Waals surface area contributed by atoms with Gasteiger partial charge in [-0.15, -0.1) is 0 Å². The van der Waals surface area contributed by atoms with Crippen molar-refractivity contribution in [2.45, 2.75) is 18.0 Å². The maximum Gasteiger partial charge on any atom is 0.443 e. The average Bonchev–Trinajstić information content (AvgIpc) is 2.44. The van der Waals surface area contributed by atoms with Crippen LogP contribution in [0.15, 0.2) is 28.2 Å². The fourth-order valence-electron chi connectivity index (χ4n) is 1.83. The summed E-state index contributed by atoms with van der Waals surface area (Å²) in [5, 5.41) is -0.103. The molecule has 0 bridgehead atoms. The highest BCUT2D eigenvalue weighted by molar-refractivity contribution is 6.37. The highest BCUT2D eigenvalue weighted by atomic mass is 35.5. The van der Waals surface area contributed by atoms with Gasteiger partial charge in [0.05, 0.1) is 10.6 Å². The van der Waals surface area contributed by atoms with Crippen LogP contribution in [0.2, 0.25) is 10.0 Å². The average molecular weight is 408 g/mol. The number of rotatable bonds is 1. The summed E-state index contributed by atoms with van der Waals surface area (Å²) in [6, 6.07) is 2.53. The van der Waals surface area contributed by atoms with Crippen LogP contribution in [0.4, 0.5) is 26.3 Å². The minimum Gasteiger partial charge on any atom is -0.406 e. The van der Waals surface area contributed by atoms with Crippen LogP contribution in [0.3, 0.4) is 0 Å². The van der Waals surface area contributed by atoms with Gasteiger partial charge >= 0.3 is 18.0 Å². The van der Waals surface area contributed by atoms with Crippen LogP contribution < -0.4 is 0 Å². The van der Waals surface area contributed by atoms with Crippen molar-refractivity contribution in [2.24, 2.45) is 9.98 Å². The maximum absolute atomic E-state index is 13.3. The number of aliphatic imine (C=N–C) groups is 2. The first-order valence-corrected chi connectivity index (χ1v) is 7.18. The van der Waals surface area contributed by atoms with Crippen molar-refractivity contribution in [3.05, 3.63) is 33.8 Å². The van der Waals surface area contributed by atoms with Gasteiger partial charge in [-0.05, 0) is 18.2 Å². The predicted octanol–water partition coefficient (Wildman–Crippen LogP) is 4.51.